The van der Waals surface area contributed by atoms with E-state index in [1.807, 2.05) is 39.8 Å². The maximum atomic E-state index is 14.1. The Kier molecular flexibility index (Phi) is 10.5. The summed E-state index contributed by atoms with van der Waals surface area (Å²) in [5.74, 6) is -0.796. The molecule has 1 N–H and O–H groups in total. The number of rotatable bonds is 12. The van der Waals surface area contributed by atoms with Crippen molar-refractivity contribution in [1.82, 2.24) is 10.2 Å². The van der Waals surface area contributed by atoms with Crippen LogP contribution in [0.15, 0.2) is 77.7 Å². The molecule has 0 spiro atoms. The number of hydrogen-bond acceptors (Lipinski definition) is 4. The van der Waals surface area contributed by atoms with Crippen molar-refractivity contribution in [3.05, 3.63) is 94.5 Å². The highest BCUT2D eigenvalue weighted by Crippen LogP contribution is 2.27. The Balaban J connectivity index is 2.08. The molecule has 3 rings (SSSR count). The Morgan fingerprint density at radius 3 is 2.13 bits per heavy atom. The first-order chi connectivity index (χ1) is 18.6. The minimum atomic E-state index is -4.10. The lowest BCUT2D eigenvalue weighted by Gasteiger charge is -2.33. The first-order valence-corrected chi connectivity index (χ1v) is 14.9. The largest absolute Gasteiger partial charge is 0.354 e. The Bertz CT molecular complexity index is 1380. The molecule has 3 aromatic rings. The van der Waals surface area contributed by atoms with Crippen molar-refractivity contribution in [2.45, 2.75) is 58.0 Å². The van der Waals surface area contributed by atoms with Gasteiger partial charge in [-0.25, -0.2) is 8.42 Å². The van der Waals surface area contributed by atoms with Crippen molar-refractivity contribution in [1.29, 1.82) is 0 Å². The lowest BCUT2D eigenvalue weighted by atomic mass is 10.1. The van der Waals surface area contributed by atoms with Crippen molar-refractivity contribution in [2.75, 3.05) is 17.4 Å². The van der Waals surface area contributed by atoms with Crippen LogP contribution in [-0.2, 0) is 26.2 Å². The van der Waals surface area contributed by atoms with Crippen LogP contribution in [0.5, 0.6) is 0 Å². The van der Waals surface area contributed by atoms with E-state index in [9.17, 15) is 18.0 Å². The second kappa shape index (κ2) is 13.6. The third-order valence-corrected chi connectivity index (χ3v) is 8.49. The van der Waals surface area contributed by atoms with E-state index in [1.54, 1.807) is 48.5 Å². The molecule has 0 unspecified atom stereocenters. The van der Waals surface area contributed by atoms with E-state index < -0.39 is 28.5 Å². The predicted molar refractivity (Wildman–Crippen MR) is 156 cm³/mol. The number of benzene rings is 3. The van der Waals surface area contributed by atoms with Crippen LogP contribution in [0.3, 0.4) is 0 Å². The molecule has 1 atom stereocenters. The van der Waals surface area contributed by atoms with E-state index in [0.717, 1.165) is 21.9 Å². The van der Waals surface area contributed by atoms with E-state index in [4.69, 9.17) is 11.6 Å². The van der Waals surface area contributed by atoms with Crippen molar-refractivity contribution in [3.63, 3.8) is 0 Å². The van der Waals surface area contributed by atoms with Gasteiger partial charge >= 0.3 is 0 Å². The molecule has 0 saturated carbocycles. The van der Waals surface area contributed by atoms with E-state index in [1.165, 1.54) is 17.0 Å². The van der Waals surface area contributed by atoms with E-state index in [0.29, 0.717) is 29.2 Å². The van der Waals surface area contributed by atoms with Crippen LogP contribution in [0.2, 0.25) is 5.02 Å². The average Bonchev–Trinajstić information content (AvgIpc) is 2.91. The number of hydrogen-bond donors (Lipinski definition) is 1. The zero-order valence-electron chi connectivity index (χ0n) is 22.9. The normalized spacial score (nSPS) is 12.0. The van der Waals surface area contributed by atoms with Crippen molar-refractivity contribution in [2.24, 2.45) is 0 Å². The number of carbonyl (C=O) groups excluding carboxylic acids is 2. The highest BCUT2D eigenvalue weighted by atomic mass is 35.5. The van der Waals surface area contributed by atoms with Crippen LogP contribution in [0.4, 0.5) is 5.69 Å². The summed E-state index contributed by atoms with van der Waals surface area (Å²) >= 11 is 6.43. The molecular formula is C30H36ClN3O4S. The molecule has 0 heterocycles. The summed E-state index contributed by atoms with van der Waals surface area (Å²) in [4.78, 5) is 28.7. The Hall–Kier alpha value is -3.36. The topological polar surface area (TPSA) is 86.8 Å². The lowest BCUT2D eigenvalue weighted by Crippen LogP contribution is -2.52. The third-order valence-electron chi connectivity index (χ3n) is 6.34. The second-order valence-corrected chi connectivity index (χ2v) is 11.8. The van der Waals surface area contributed by atoms with Crippen LogP contribution >= 0.6 is 11.6 Å². The molecule has 9 heteroatoms. The molecule has 3 aromatic carbocycles. The molecule has 0 aliphatic rings. The Labute approximate surface area is 236 Å². The molecule has 0 bridgehead atoms. The third kappa shape index (κ3) is 7.61. The second-order valence-electron chi connectivity index (χ2n) is 9.50. The fourth-order valence-electron chi connectivity index (χ4n) is 4.44. The van der Waals surface area contributed by atoms with E-state index >= 15 is 0 Å². The van der Waals surface area contributed by atoms with Gasteiger partial charge in [0.1, 0.15) is 12.6 Å². The summed E-state index contributed by atoms with van der Waals surface area (Å²) in [5.41, 5.74) is 2.78. The standard InChI is InChI=1S/C30H36ClN3O4S/c1-5-16-32-30(36)28(6-2)33(20-24-12-10-11-15-27(24)31)29(35)21-34(25-18-22(3)17-23(4)19-25)39(37,38)26-13-8-7-9-14-26/h7-15,17-19,28H,5-6,16,20-21H2,1-4H3,(H,32,36)/t28-/m1/s1. The minimum absolute atomic E-state index is 0.0582. The number of aryl methyl sites for hydroxylation is 2. The van der Waals surface area contributed by atoms with Crippen molar-refractivity contribution < 1.29 is 18.0 Å². The molecule has 0 fully saturated rings. The maximum absolute atomic E-state index is 14.1. The van der Waals surface area contributed by atoms with Gasteiger partial charge in [0, 0.05) is 18.1 Å². The van der Waals surface area contributed by atoms with Gasteiger partial charge in [-0.3, -0.25) is 13.9 Å². The monoisotopic (exact) mass is 569 g/mol. The molecule has 0 aliphatic heterocycles. The first kappa shape index (κ1) is 30.2. The average molecular weight is 570 g/mol. The van der Waals surface area contributed by atoms with Gasteiger partial charge in [-0.1, -0.05) is 67.9 Å². The van der Waals surface area contributed by atoms with Crippen LogP contribution < -0.4 is 9.62 Å². The van der Waals surface area contributed by atoms with Gasteiger partial charge in [0.05, 0.1) is 10.6 Å². The van der Waals surface area contributed by atoms with E-state index in [-0.39, 0.29) is 17.3 Å². The number of nitrogens with zero attached hydrogens (tertiary/aromatic N) is 2. The summed E-state index contributed by atoms with van der Waals surface area (Å²) in [6, 6.07) is 19.8. The number of sulfonamides is 1. The quantitative estimate of drug-likeness (QED) is 0.313. The Morgan fingerprint density at radius 2 is 1.54 bits per heavy atom. The smallest absolute Gasteiger partial charge is 0.264 e. The summed E-state index contributed by atoms with van der Waals surface area (Å²) in [6.45, 7) is 7.57. The van der Waals surface area contributed by atoms with Gasteiger partial charge in [-0.15, -0.1) is 0 Å². The molecular weight excluding hydrogens is 534 g/mol. The number of anilines is 1. The predicted octanol–water partition coefficient (Wildman–Crippen LogP) is 5.49. The van der Waals surface area contributed by atoms with E-state index in [2.05, 4.69) is 5.32 Å². The number of amides is 2. The maximum Gasteiger partial charge on any atom is 0.264 e. The summed E-state index contributed by atoms with van der Waals surface area (Å²) < 4.78 is 28.9. The summed E-state index contributed by atoms with van der Waals surface area (Å²) in [7, 11) is -4.10. The van der Waals surface area contributed by atoms with Gasteiger partial charge in [0.15, 0.2) is 0 Å². The first-order valence-electron chi connectivity index (χ1n) is 13.0. The molecule has 7 nitrogen and oxygen atoms in total. The fourth-order valence-corrected chi connectivity index (χ4v) is 6.05. The van der Waals surface area contributed by atoms with Gasteiger partial charge in [0.2, 0.25) is 11.8 Å². The minimum Gasteiger partial charge on any atom is -0.354 e. The Morgan fingerprint density at radius 1 is 0.923 bits per heavy atom. The molecule has 2 amide bonds. The fraction of sp³-hybridized carbons (Fsp3) is 0.333. The zero-order valence-corrected chi connectivity index (χ0v) is 24.4. The van der Waals surface area contributed by atoms with Gasteiger partial charge in [-0.05, 0) is 73.7 Å². The van der Waals surface area contributed by atoms with Crippen molar-refractivity contribution in [3.8, 4) is 0 Å². The molecule has 0 radical (unpaired) electrons. The molecule has 0 aromatic heterocycles. The zero-order chi connectivity index (χ0) is 28.6. The van der Waals surface area contributed by atoms with Crippen LogP contribution in [-0.4, -0.2) is 44.3 Å². The molecule has 208 valence electrons. The number of nitrogens with one attached hydrogen (secondary N) is 1. The SMILES string of the molecule is CCCNC(=O)[C@@H](CC)N(Cc1ccccc1Cl)C(=O)CN(c1cc(C)cc(C)c1)S(=O)(=O)c1ccccc1. The van der Waals surface area contributed by atoms with Gasteiger partial charge < -0.3 is 10.2 Å². The highest BCUT2D eigenvalue weighted by molar-refractivity contribution is 7.92. The van der Waals surface area contributed by atoms with Crippen LogP contribution in [0, 0.1) is 13.8 Å². The number of carbonyl (C=O) groups is 2. The molecule has 39 heavy (non-hydrogen) atoms. The highest BCUT2D eigenvalue weighted by Gasteiger charge is 2.34. The molecule has 0 aliphatic carbocycles. The summed E-state index contributed by atoms with van der Waals surface area (Å²) in [5, 5.41) is 3.34. The number of halogens is 1. The van der Waals surface area contributed by atoms with Gasteiger partial charge in [0.25, 0.3) is 10.0 Å². The molecule has 0 saturated heterocycles. The lowest BCUT2D eigenvalue weighted by molar-refractivity contribution is -0.140. The van der Waals surface area contributed by atoms with Crippen molar-refractivity contribution >= 4 is 39.1 Å². The van der Waals surface area contributed by atoms with Crippen LogP contribution in [0.25, 0.3) is 0 Å². The van der Waals surface area contributed by atoms with Crippen LogP contribution in [0.1, 0.15) is 43.4 Å². The summed E-state index contributed by atoms with van der Waals surface area (Å²) in [6.07, 6.45) is 1.09. The van der Waals surface area contributed by atoms with Gasteiger partial charge in [-0.2, -0.15) is 0 Å².